The molecular formula is C15H27IN4S. The Balaban J connectivity index is 0.00000400. The third kappa shape index (κ3) is 8.53. The molecule has 1 aromatic carbocycles. The number of aliphatic imine (C=N–C) groups is 1. The molecule has 0 saturated carbocycles. The van der Waals surface area contributed by atoms with Crippen molar-refractivity contribution >= 4 is 41.7 Å². The van der Waals surface area contributed by atoms with Gasteiger partial charge >= 0.3 is 0 Å². The van der Waals surface area contributed by atoms with Crippen molar-refractivity contribution in [3.63, 3.8) is 0 Å². The summed E-state index contributed by atoms with van der Waals surface area (Å²) in [4.78, 5) is 6.43. The molecule has 2 N–H and O–H groups in total. The number of benzene rings is 1. The normalized spacial score (nSPS) is 11.2. The highest BCUT2D eigenvalue weighted by Crippen LogP contribution is 2.10. The summed E-state index contributed by atoms with van der Waals surface area (Å²) in [6.07, 6.45) is 2.11. The average Bonchev–Trinajstić information content (AvgIpc) is 2.43. The maximum absolute atomic E-state index is 4.24. The van der Waals surface area contributed by atoms with Crippen molar-refractivity contribution in [2.45, 2.75) is 13.1 Å². The lowest BCUT2D eigenvalue weighted by Gasteiger charge is -2.16. The van der Waals surface area contributed by atoms with E-state index in [2.05, 4.69) is 65.1 Å². The number of thioether (sulfide) groups is 1. The zero-order valence-electron chi connectivity index (χ0n) is 13.3. The van der Waals surface area contributed by atoms with Crippen LogP contribution in [-0.4, -0.2) is 50.6 Å². The summed E-state index contributed by atoms with van der Waals surface area (Å²) < 4.78 is 0. The van der Waals surface area contributed by atoms with Crippen molar-refractivity contribution in [3.05, 3.63) is 35.4 Å². The number of halogens is 1. The molecule has 6 heteroatoms. The predicted octanol–water partition coefficient (Wildman–Crippen LogP) is 2.39. The monoisotopic (exact) mass is 422 g/mol. The molecule has 0 aliphatic rings. The lowest BCUT2D eigenvalue weighted by Crippen LogP contribution is -2.38. The second-order valence-electron chi connectivity index (χ2n) is 4.85. The number of rotatable bonds is 7. The molecule has 4 nitrogen and oxygen atoms in total. The summed E-state index contributed by atoms with van der Waals surface area (Å²) in [6.45, 7) is 2.68. The van der Waals surface area contributed by atoms with Gasteiger partial charge in [-0.1, -0.05) is 24.3 Å². The first-order chi connectivity index (χ1) is 9.67. The summed E-state index contributed by atoms with van der Waals surface area (Å²) in [6, 6.07) is 8.52. The Morgan fingerprint density at radius 2 is 1.86 bits per heavy atom. The van der Waals surface area contributed by atoms with Crippen molar-refractivity contribution in [3.8, 4) is 0 Å². The number of guanidine groups is 1. The second-order valence-corrected chi connectivity index (χ2v) is 5.84. The molecule has 1 rings (SSSR count). The number of hydrogen-bond acceptors (Lipinski definition) is 3. The van der Waals surface area contributed by atoms with Crippen molar-refractivity contribution in [1.82, 2.24) is 15.5 Å². The Kier molecular flexibility index (Phi) is 11.8. The molecule has 1 aromatic rings. The van der Waals surface area contributed by atoms with Crippen LogP contribution in [0.5, 0.6) is 0 Å². The van der Waals surface area contributed by atoms with Crippen LogP contribution < -0.4 is 10.6 Å². The van der Waals surface area contributed by atoms with Crippen LogP contribution in [0.1, 0.15) is 11.1 Å². The molecule has 0 spiro atoms. The largest absolute Gasteiger partial charge is 0.356 e. The van der Waals surface area contributed by atoms with Gasteiger partial charge in [-0.15, -0.1) is 24.0 Å². The van der Waals surface area contributed by atoms with Crippen LogP contribution >= 0.6 is 35.7 Å². The Morgan fingerprint density at radius 1 is 1.19 bits per heavy atom. The lowest BCUT2D eigenvalue weighted by atomic mass is 10.1. The lowest BCUT2D eigenvalue weighted by molar-refractivity contribution is 0.400. The molecule has 0 aliphatic carbocycles. The smallest absolute Gasteiger partial charge is 0.191 e. The molecule has 0 unspecified atom stereocenters. The molecule has 0 atom stereocenters. The summed E-state index contributed by atoms with van der Waals surface area (Å²) >= 11 is 1.83. The average molecular weight is 422 g/mol. The quantitative estimate of drug-likeness (QED) is 0.307. The van der Waals surface area contributed by atoms with Crippen LogP contribution in [-0.2, 0) is 13.1 Å². The first-order valence-electron chi connectivity index (χ1n) is 6.82. The molecule has 0 bridgehead atoms. The van der Waals surface area contributed by atoms with E-state index >= 15 is 0 Å². The van der Waals surface area contributed by atoms with Crippen molar-refractivity contribution in [2.75, 3.05) is 39.7 Å². The van der Waals surface area contributed by atoms with Crippen molar-refractivity contribution in [1.29, 1.82) is 0 Å². The zero-order chi connectivity index (χ0) is 14.8. The van der Waals surface area contributed by atoms with Crippen LogP contribution in [0.25, 0.3) is 0 Å². The third-order valence-electron chi connectivity index (χ3n) is 2.87. The van der Waals surface area contributed by atoms with Gasteiger partial charge in [-0.2, -0.15) is 11.8 Å². The standard InChI is InChI=1S/C15H26N4S.HI/c1-16-15(17-9-10-20-4)18-11-13-7-5-6-8-14(13)12-19(2)3;/h5-8H,9-12H2,1-4H3,(H2,16,17,18);1H. The highest BCUT2D eigenvalue weighted by molar-refractivity contribution is 14.0. The van der Waals surface area contributed by atoms with Gasteiger partial charge in [0, 0.05) is 32.4 Å². The second kappa shape index (κ2) is 12.1. The van der Waals surface area contributed by atoms with Crippen molar-refractivity contribution < 1.29 is 0 Å². The predicted molar refractivity (Wildman–Crippen MR) is 106 cm³/mol. The molecule has 0 aromatic heterocycles. The molecule has 0 heterocycles. The van der Waals surface area contributed by atoms with E-state index in [1.165, 1.54) is 11.1 Å². The fourth-order valence-corrected chi connectivity index (χ4v) is 2.20. The van der Waals surface area contributed by atoms with Gasteiger partial charge in [0.15, 0.2) is 5.96 Å². The molecule has 0 radical (unpaired) electrons. The van der Waals surface area contributed by atoms with Gasteiger partial charge in [0.05, 0.1) is 0 Å². The van der Waals surface area contributed by atoms with Gasteiger partial charge in [0.2, 0.25) is 0 Å². The van der Waals surface area contributed by atoms with Gasteiger partial charge in [-0.25, -0.2) is 0 Å². The summed E-state index contributed by atoms with van der Waals surface area (Å²) in [5.41, 5.74) is 2.67. The van der Waals surface area contributed by atoms with Crippen LogP contribution in [0.2, 0.25) is 0 Å². The number of nitrogens with zero attached hydrogens (tertiary/aromatic N) is 2. The first kappa shape index (κ1) is 20.5. The third-order valence-corrected chi connectivity index (χ3v) is 3.49. The minimum absolute atomic E-state index is 0. The minimum atomic E-state index is 0. The highest BCUT2D eigenvalue weighted by Gasteiger charge is 2.04. The maximum atomic E-state index is 4.24. The molecular weight excluding hydrogens is 395 g/mol. The van der Waals surface area contributed by atoms with E-state index in [1.54, 1.807) is 7.05 Å². The highest BCUT2D eigenvalue weighted by atomic mass is 127. The molecule has 0 saturated heterocycles. The van der Waals surface area contributed by atoms with Gasteiger partial charge in [-0.3, -0.25) is 4.99 Å². The van der Waals surface area contributed by atoms with Gasteiger partial charge < -0.3 is 15.5 Å². The van der Waals surface area contributed by atoms with Gasteiger partial charge in [-0.05, 0) is 31.5 Å². The van der Waals surface area contributed by atoms with Crippen LogP contribution in [0.4, 0.5) is 0 Å². The molecule has 0 aliphatic heterocycles. The Labute approximate surface area is 150 Å². The molecule has 120 valence electrons. The number of hydrogen-bond donors (Lipinski definition) is 2. The topological polar surface area (TPSA) is 39.7 Å². The Bertz CT molecular complexity index is 424. The zero-order valence-corrected chi connectivity index (χ0v) is 16.5. The Morgan fingerprint density at radius 3 is 2.43 bits per heavy atom. The van der Waals surface area contributed by atoms with Gasteiger partial charge in [0.1, 0.15) is 0 Å². The Hall–Kier alpha value is -0.470. The molecule has 0 amide bonds. The maximum Gasteiger partial charge on any atom is 0.191 e. The van der Waals surface area contributed by atoms with E-state index in [0.29, 0.717) is 0 Å². The summed E-state index contributed by atoms with van der Waals surface area (Å²) in [5, 5.41) is 6.68. The minimum Gasteiger partial charge on any atom is -0.356 e. The van der Waals surface area contributed by atoms with Crippen LogP contribution in [0.3, 0.4) is 0 Å². The van der Waals surface area contributed by atoms with E-state index in [4.69, 9.17) is 0 Å². The summed E-state index contributed by atoms with van der Waals surface area (Å²) in [5.74, 6) is 1.94. The first-order valence-corrected chi connectivity index (χ1v) is 8.21. The molecule has 21 heavy (non-hydrogen) atoms. The SMILES string of the molecule is CN=C(NCCSC)NCc1ccccc1CN(C)C.I. The fourth-order valence-electron chi connectivity index (χ4n) is 1.90. The van der Waals surface area contributed by atoms with E-state index in [0.717, 1.165) is 31.3 Å². The van der Waals surface area contributed by atoms with E-state index in [1.807, 2.05) is 11.8 Å². The molecule has 0 fully saturated rings. The fraction of sp³-hybridized carbons (Fsp3) is 0.533. The summed E-state index contributed by atoms with van der Waals surface area (Å²) in [7, 11) is 5.99. The van der Waals surface area contributed by atoms with Gasteiger partial charge in [0.25, 0.3) is 0 Å². The van der Waals surface area contributed by atoms with Crippen molar-refractivity contribution in [2.24, 2.45) is 4.99 Å². The van der Waals surface area contributed by atoms with E-state index in [-0.39, 0.29) is 24.0 Å². The van der Waals surface area contributed by atoms with E-state index in [9.17, 15) is 0 Å². The van der Waals surface area contributed by atoms with Crippen LogP contribution in [0.15, 0.2) is 29.3 Å². The van der Waals surface area contributed by atoms with Crippen LogP contribution in [0, 0.1) is 0 Å². The van der Waals surface area contributed by atoms with E-state index < -0.39 is 0 Å². The number of nitrogens with one attached hydrogen (secondary N) is 2.